The Hall–Kier alpha value is -2.24. The molecule has 3 rings (SSSR count). The number of hydrogen-bond donors (Lipinski definition) is 3. The van der Waals surface area contributed by atoms with E-state index in [4.69, 9.17) is 9.66 Å². The Morgan fingerprint density at radius 1 is 1.25 bits per heavy atom. The molecule has 9 nitrogen and oxygen atoms in total. The van der Waals surface area contributed by atoms with Crippen LogP contribution in [0.25, 0.3) is 12.7 Å². The normalized spacial score (nSPS) is 18.3. The molecule has 3 N–H and O–H groups in total. The molecule has 0 spiro atoms. The van der Waals surface area contributed by atoms with E-state index in [1.165, 1.54) is 17.1 Å². The lowest BCUT2D eigenvalue weighted by Crippen LogP contribution is -2.64. The number of amides is 1. The molecule has 1 saturated heterocycles. The molecule has 1 heterocycles. The number of rotatable bonds is 2. The van der Waals surface area contributed by atoms with Gasteiger partial charge in [0.2, 0.25) is 0 Å². The maximum absolute atomic E-state index is 10.9. The van der Waals surface area contributed by atoms with Crippen LogP contribution in [-0.4, -0.2) is 84.3 Å². The molecule has 1 amide bonds. The molecule has 0 aromatic heterocycles. The first kappa shape index (κ1) is 22.1. The number of piperazine rings is 1. The highest BCUT2D eigenvalue weighted by molar-refractivity contribution is 7.90. The number of quaternary nitrogens is 1. The van der Waals surface area contributed by atoms with E-state index in [9.17, 15) is 18.4 Å². The first-order valence-electron chi connectivity index (χ1n) is 8.65. The molecule has 1 aromatic carbocycles. The Balaban J connectivity index is 0.000000203. The molecular formula is C18H26N3O6S+. The second-order valence-electron chi connectivity index (χ2n) is 6.91. The molecule has 2 aliphatic rings. The zero-order chi connectivity index (χ0) is 21.1. The maximum atomic E-state index is 10.9. The van der Waals surface area contributed by atoms with Crippen LogP contribution in [0.4, 0.5) is 4.79 Å². The van der Waals surface area contributed by atoms with Crippen LogP contribution in [0.5, 0.6) is 0 Å². The second kappa shape index (κ2) is 8.41. The molecule has 154 valence electrons. The second-order valence-corrected chi connectivity index (χ2v) is 8.33. The minimum Gasteiger partial charge on any atom is -0.465 e. The van der Waals surface area contributed by atoms with E-state index in [0.29, 0.717) is 32.6 Å². The lowest BCUT2D eigenvalue weighted by atomic mass is 10.0. The highest BCUT2D eigenvalue weighted by Gasteiger charge is 2.36. The first-order chi connectivity index (χ1) is 12.9. The van der Waals surface area contributed by atoms with Crippen LogP contribution < -0.4 is 10.4 Å². The third-order valence-corrected chi connectivity index (χ3v) is 5.68. The molecule has 0 unspecified atom stereocenters. The molecule has 10 heteroatoms. The van der Waals surface area contributed by atoms with Crippen molar-refractivity contribution in [1.82, 2.24) is 9.91 Å². The van der Waals surface area contributed by atoms with Crippen molar-refractivity contribution in [2.24, 2.45) is 0 Å². The van der Waals surface area contributed by atoms with Gasteiger partial charge in [-0.3, -0.25) is 9.45 Å². The van der Waals surface area contributed by atoms with Gasteiger partial charge in [0.25, 0.3) is 10.1 Å². The van der Waals surface area contributed by atoms with E-state index in [0.717, 1.165) is 16.0 Å². The Morgan fingerprint density at radius 2 is 1.86 bits per heavy atom. The first-order valence-corrected chi connectivity index (χ1v) is 10.1. The van der Waals surface area contributed by atoms with E-state index in [1.54, 1.807) is 25.2 Å². The predicted octanol–water partition coefficient (Wildman–Crippen LogP) is -0.132. The van der Waals surface area contributed by atoms with Crippen molar-refractivity contribution in [2.75, 3.05) is 40.3 Å². The van der Waals surface area contributed by atoms with Gasteiger partial charge < -0.3 is 5.11 Å². The average Bonchev–Trinajstić information content (AvgIpc) is 2.61. The van der Waals surface area contributed by atoms with Gasteiger partial charge in [-0.05, 0) is 28.5 Å². The molecule has 1 aliphatic carbocycles. The quantitative estimate of drug-likeness (QED) is 0.457. The Morgan fingerprint density at radius 3 is 2.36 bits per heavy atom. The molecule has 28 heavy (non-hydrogen) atoms. The minimum atomic E-state index is -4.09. The standard InChI is InChI=1S/C11H10O3S.C7H15N3O3/c1-8-2-3-10-7-11(15(12,13)14)5-4-9(10)6-8;1-8(2)10(13)5-3-9(4-6-10)7(11)12/h2-3,5-7H,1,4H2,(H,12,13,14);13H,3-6H2,1-2H3/p+1. The SMILES string of the molecule is C=c1ccc2c(c1)CC=C(S(=O)(=O)O)C=2.CN(C)[N+]1(O)CCN(C(=O)O)CC1. The van der Waals surface area contributed by atoms with Crippen molar-refractivity contribution in [3.05, 3.63) is 45.2 Å². The predicted molar refractivity (Wildman–Crippen MR) is 104 cm³/mol. The van der Waals surface area contributed by atoms with Gasteiger partial charge in [0.15, 0.2) is 0 Å². The largest absolute Gasteiger partial charge is 0.465 e. The summed E-state index contributed by atoms with van der Waals surface area (Å²) in [6, 6.07) is 5.52. The third-order valence-electron chi connectivity index (χ3n) is 4.80. The summed E-state index contributed by atoms with van der Waals surface area (Å²) in [7, 11) is -0.540. The number of carboxylic acid groups (broad SMARTS) is 1. The van der Waals surface area contributed by atoms with Gasteiger partial charge in [-0.25, -0.2) is 4.79 Å². The molecule has 0 radical (unpaired) electrons. The number of allylic oxidation sites excluding steroid dienone is 2. The fraction of sp³-hybridized carbons (Fsp3) is 0.389. The summed E-state index contributed by atoms with van der Waals surface area (Å²) >= 11 is 0. The smallest absolute Gasteiger partial charge is 0.407 e. The van der Waals surface area contributed by atoms with Crippen LogP contribution in [0.2, 0.25) is 0 Å². The summed E-state index contributed by atoms with van der Waals surface area (Å²) < 4.78 is 30.5. The van der Waals surface area contributed by atoms with E-state index in [2.05, 4.69) is 6.58 Å². The van der Waals surface area contributed by atoms with Crippen LogP contribution in [-0.2, 0) is 16.5 Å². The number of carbonyl (C=O) groups is 1. The van der Waals surface area contributed by atoms with E-state index < -0.39 is 16.2 Å². The molecule has 1 fully saturated rings. The lowest BCUT2D eigenvalue weighted by molar-refractivity contribution is -1.18. The summed E-state index contributed by atoms with van der Waals surface area (Å²) in [4.78, 5) is 11.8. The van der Waals surface area contributed by atoms with Gasteiger partial charge in [0.1, 0.15) is 13.1 Å². The zero-order valence-electron chi connectivity index (χ0n) is 15.9. The van der Waals surface area contributed by atoms with Crippen molar-refractivity contribution < 1.29 is 32.8 Å². The molecule has 1 aromatic rings. The molecule has 0 atom stereocenters. The van der Waals surface area contributed by atoms with Crippen molar-refractivity contribution >= 4 is 28.9 Å². The van der Waals surface area contributed by atoms with Gasteiger partial charge >= 0.3 is 6.09 Å². The van der Waals surface area contributed by atoms with E-state index >= 15 is 0 Å². The molecule has 1 aliphatic heterocycles. The lowest BCUT2D eigenvalue weighted by Gasteiger charge is -2.40. The van der Waals surface area contributed by atoms with Crippen LogP contribution in [0.15, 0.2) is 29.2 Å². The van der Waals surface area contributed by atoms with Gasteiger partial charge in [-0.1, -0.05) is 30.9 Å². The van der Waals surface area contributed by atoms with Crippen LogP contribution >= 0.6 is 0 Å². The van der Waals surface area contributed by atoms with Crippen molar-refractivity contribution in [2.45, 2.75) is 6.42 Å². The van der Waals surface area contributed by atoms with Gasteiger partial charge in [0.05, 0.1) is 18.0 Å². The highest BCUT2D eigenvalue weighted by atomic mass is 32.2. The summed E-state index contributed by atoms with van der Waals surface area (Å²) in [5.74, 6) is 0. The Kier molecular flexibility index (Phi) is 6.63. The number of hydrogen-bond acceptors (Lipinski definition) is 5. The third kappa shape index (κ3) is 5.40. The summed E-state index contributed by atoms with van der Waals surface area (Å²) in [5.41, 5.74) is 1.02. The van der Waals surface area contributed by atoms with Crippen LogP contribution in [0, 0.1) is 0 Å². The monoisotopic (exact) mass is 412 g/mol. The minimum absolute atomic E-state index is 0.0354. The zero-order valence-corrected chi connectivity index (χ0v) is 16.8. The topological polar surface area (TPSA) is 118 Å². The van der Waals surface area contributed by atoms with Crippen LogP contribution in [0.1, 0.15) is 5.56 Å². The number of fused-ring (bicyclic) bond motifs is 1. The number of nitrogens with zero attached hydrogens (tertiary/aromatic N) is 3. The van der Waals surface area contributed by atoms with Gasteiger partial charge in [-0.2, -0.15) is 13.6 Å². The van der Waals surface area contributed by atoms with E-state index in [1.807, 2.05) is 12.1 Å². The Bertz CT molecular complexity index is 979. The van der Waals surface area contributed by atoms with Gasteiger partial charge in [0, 0.05) is 14.1 Å². The molecule has 0 saturated carbocycles. The summed E-state index contributed by atoms with van der Waals surface area (Å²) in [6.45, 7) is 5.38. The van der Waals surface area contributed by atoms with Crippen molar-refractivity contribution in [3.8, 4) is 0 Å². The van der Waals surface area contributed by atoms with E-state index in [-0.39, 0.29) is 9.66 Å². The fourth-order valence-electron chi connectivity index (χ4n) is 2.96. The molecule has 0 bridgehead atoms. The van der Waals surface area contributed by atoms with Crippen molar-refractivity contribution in [3.63, 3.8) is 0 Å². The summed E-state index contributed by atoms with van der Waals surface area (Å²) in [6.07, 6.45) is 2.56. The fourth-order valence-corrected chi connectivity index (χ4v) is 3.53. The summed E-state index contributed by atoms with van der Waals surface area (Å²) in [5, 5.41) is 22.0. The number of benzene rings is 1. The number of hydroxylamine groups is 2. The van der Waals surface area contributed by atoms with Gasteiger partial charge in [-0.15, -0.1) is 9.76 Å². The average molecular weight is 412 g/mol. The molecular weight excluding hydrogens is 386 g/mol. The van der Waals surface area contributed by atoms with Crippen molar-refractivity contribution in [1.29, 1.82) is 0 Å². The highest BCUT2D eigenvalue weighted by Crippen LogP contribution is 2.12. The Labute approximate surface area is 164 Å². The van der Waals surface area contributed by atoms with Crippen LogP contribution in [0.3, 0.4) is 0 Å². The maximum Gasteiger partial charge on any atom is 0.407 e.